The Labute approximate surface area is 152 Å². The Morgan fingerprint density at radius 2 is 2.16 bits per heavy atom. The number of amides is 1. The third-order valence-electron chi connectivity index (χ3n) is 4.52. The van der Waals surface area contributed by atoms with Gasteiger partial charge in [-0.05, 0) is 36.9 Å². The minimum absolute atomic E-state index is 0.0114. The van der Waals surface area contributed by atoms with Crippen molar-refractivity contribution in [1.82, 2.24) is 5.32 Å². The van der Waals surface area contributed by atoms with E-state index in [0.29, 0.717) is 6.54 Å². The molecule has 0 radical (unpaired) electrons. The van der Waals surface area contributed by atoms with Crippen molar-refractivity contribution in [1.29, 1.82) is 0 Å². The van der Waals surface area contributed by atoms with Crippen molar-refractivity contribution in [3.63, 3.8) is 0 Å². The van der Waals surface area contributed by atoms with E-state index in [4.69, 9.17) is 4.74 Å². The van der Waals surface area contributed by atoms with Crippen LogP contribution < -0.4 is 5.32 Å². The second-order valence-corrected chi connectivity index (χ2v) is 7.96. The molecule has 25 heavy (non-hydrogen) atoms. The fourth-order valence-electron chi connectivity index (χ4n) is 3.25. The van der Waals surface area contributed by atoms with Crippen molar-refractivity contribution in [3.8, 4) is 0 Å². The number of nitrogens with one attached hydrogen (secondary N) is 1. The molecule has 5 heteroatoms. The first-order valence-corrected chi connectivity index (χ1v) is 10.3. The molecule has 3 unspecified atom stereocenters. The van der Waals surface area contributed by atoms with E-state index in [2.05, 4.69) is 17.5 Å². The van der Waals surface area contributed by atoms with Crippen LogP contribution in [0.5, 0.6) is 0 Å². The van der Waals surface area contributed by atoms with Gasteiger partial charge in [0.2, 0.25) is 0 Å². The van der Waals surface area contributed by atoms with E-state index in [0.717, 1.165) is 43.4 Å². The number of hydrogen-bond acceptors (Lipinski definition) is 3. The SMILES string of the molecule is O=C(C[S+]([O-])C(C1=CCCC=C1)c1ccccc1)NCC1CCCO1. The van der Waals surface area contributed by atoms with Gasteiger partial charge in [-0.25, -0.2) is 0 Å². The molecule has 0 bridgehead atoms. The maximum Gasteiger partial charge on any atom is 0.270 e. The van der Waals surface area contributed by atoms with Crippen molar-refractivity contribution >= 4 is 17.1 Å². The van der Waals surface area contributed by atoms with E-state index in [-0.39, 0.29) is 23.0 Å². The largest absolute Gasteiger partial charge is 0.615 e. The molecule has 2 aliphatic rings. The van der Waals surface area contributed by atoms with Gasteiger partial charge in [-0.1, -0.05) is 48.6 Å². The molecule has 3 atom stereocenters. The van der Waals surface area contributed by atoms with E-state index in [1.807, 2.05) is 36.4 Å². The van der Waals surface area contributed by atoms with E-state index < -0.39 is 11.2 Å². The summed E-state index contributed by atoms with van der Waals surface area (Å²) in [6, 6.07) is 9.81. The van der Waals surface area contributed by atoms with E-state index in [9.17, 15) is 9.35 Å². The molecule has 0 aromatic heterocycles. The van der Waals surface area contributed by atoms with Gasteiger partial charge in [-0.2, -0.15) is 0 Å². The minimum atomic E-state index is -1.31. The van der Waals surface area contributed by atoms with Crippen molar-refractivity contribution < 1.29 is 14.1 Å². The lowest BCUT2D eigenvalue weighted by Crippen LogP contribution is -2.37. The predicted octanol–water partition coefficient (Wildman–Crippen LogP) is 3.05. The zero-order valence-corrected chi connectivity index (χ0v) is 15.2. The number of carbonyl (C=O) groups is 1. The van der Waals surface area contributed by atoms with Gasteiger partial charge in [0.25, 0.3) is 5.91 Å². The van der Waals surface area contributed by atoms with Crippen LogP contribution in [-0.4, -0.2) is 35.5 Å². The van der Waals surface area contributed by atoms with E-state index in [1.165, 1.54) is 0 Å². The molecular formula is C20H25NO3S. The lowest BCUT2D eigenvalue weighted by Gasteiger charge is -2.24. The van der Waals surface area contributed by atoms with Crippen LogP contribution in [0.15, 0.2) is 54.1 Å². The molecule has 3 rings (SSSR count). The molecule has 134 valence electrons. The highest BCUT2D eigenvalue weighted by atomic mass is 32.2. The monoisotopic (exact) mass is 359 g/mol. The Morgan fingerprint density at radius 1 is 1.32 bits per heavy atom. The number of carbonyl (C=O) groups excluding carboxylic acids is 1. The second kappa shape index (κ2) is 9.22. The molecule has 1 amide bonds. The number of rotatable bonds is 7. The quantitative estimate of drug-likeness (QED) is 0.761. The summed E-state index contributed by atoms with van der Waals surface area (Å²) in [4.78, 5) is 12.2. The van der Waals surface area contributed by atoms with Crippen LogP contribution in [0.25, 0.3) is 0 Å². The third-order valence-corrected chi connectivity index (χ3v) is 6.13. The van der Waals surface area contributed by atoms with E-state index >= 15 is 0 Å². The second-order valence-electron chi connectivity index (χ2n) is 6.44. The molecule has 1 aromatic rings. The summed E-state index contributed by atoms with van der Waals surface area (Å²) in [5.41, 5.74) is 2.04. The van der Waals surface area contributed by atoms with Crippen LogP contribution in [0.2, 0.25) is 0 Å². The standard InChI is InChI=1S/C20H25NO3S/c22-19(21-14-18-12-7-13-24-18)15-25(23)20(16-8-3-1-4-9-16)17-10-5-2-6-11-17/h1,3-5,8-11,18,20H,2,6-7,12-15H2,(H,21,22). The van der Waals surface area contributed by atoms with Crippen molar-refractivity contribution in [2.45, 2.75) is 37.0 Å². The van der Waals surface area contributed by atoms with Gasteiger partial charge in [0.15, 0.2) is 11.0 Å². The van der Waals surface area contributed by atoms with Crippen molar-refractivity contribution in [3.05, 3.63) is 59.7 Å². The zero-order chi connectivity index (χ0) is 17.5. The number of ether oxygens (including phenoxy) is 1. The summed E-state index contributed by atoms with van der Waals surface area (Å²) >= 11 is -1.31. The van der Waals surface area contributed by atoms with E-state index in [1.54, 1.807) is 0 Å². The highest BCUT2D eigenvalue weighted by Gasteiger charge is 2.30. The Bertz CT molecular complexity index is 623. The first-order valence-electron chi connectivity index (χ1n) is 8.91. The fraction of sp³-hybridized carbons (Fsp3) is 0.450. The van der Waals surface area contributed by atoms with Crippen LogP contribution in [0.1, 0.15) is 36.5 Å². The summed E-state index contributed by atoms with van der Waals surface area (Å²) < 4.78 is 18.5. The molecule has 1 aliphatic carbocycles. The fourth-order valence-corrected chi connectivity index (χ4v) is 4.71. The van der Waals surface area contributed by atoms with Gasteiger partial charge in [0.05, 0.1) is 6.10 Å². The lowest BCUT2D eigenvalue weighted by molar-refractivity contribution is -0.119. The summed E-state index contributed by atoms with van der Waals surface area (Å²) in [6.45, 7) is 1.28. The molecule has 1 aromatic carbocycles. The molecule has 1 saturated heterocycles. The Morgan fingerprint density at radius 3 is 2.84 bits per heavy atom. The van der Waals surface area contributed by atoms with Gasteiger partial charge < -0.3 is 14.6 Å². The summed E-state index contributed by atoms with van der Waals surface area (Å²) in [7, 11) is 0. The van der Waals surface area contributed by atoms with Crippen LogP contribution in [0.3, 0.4) is 0 Å². The van der Waals surface area contributed by atoms with Crippen molar-refractivity contribution in [2.24, 2.45) is 0 Å². The maximum absolute atomic E-state index is 13.0. The Balaban J connectivity index is 1.64. The van der Waals surface area contributed by atoms with Crippen LogP contribution in [0.4, 0.5) is 0 Å². The minimum Gasteiger partial charge on any atom is -0.615 e. The molecule has 1 fully saturated rings. The van der Waals surface area contributed by atoms with Crippen molar-refractivity contribution in [2.75, 3.05) is 18.9 Å². The van der Waals surface area contributed by atoms with Crippen LogP contribution in [-0.2, 0) is 20.7 Å². The molecule has 0 spiro atoms. The number of allylic oxidation sites excluding steroid dienone is 3. The molecule has 1 N–H and O–H groups in total. The van der Waals surface area contributed by atoms with Gasteiger partial charge in [0, 0.05) is 24.3 Å². The third kappa shape index (κ3) is 5.21. The van der Waals surface area contributed by atoms with Gasteiger partial charge in [-0.15, -0.1) is 0 Å². The van der Waals surface area contributed by atoms with Crippen LogP contribution in [0, 0.1) is 0 Å². The average molecular weight is 359 g/mol. The smallest absolute Gasteiger partial charge is 0.270 e. The molecule has 0 saturated carbocycles. The Kier molecular flexibility index (Phi) is 6.73. The summed E-state index contributed by atoms with van der Waals surface area (Å²) in [6.07, 6.45) is 10.4. The van der Waals surface area contributed by atoms with Crippen LogP contribution >= 0.6 is 0 Å². The molecule has 1 heterocycles. The maximum atomic E-state index is 13.0. The highest BCUT2D eigenvalue weighted by Crippen LogP contribution is 2.33. The topological polar surface area (TPSA) is 61.4 Å². The highest BCUT2D eigenvalue weighted by molar-refractivity contribution is 7.92. The summed E-state index contributed by atoms with van der Waals surface area (Å²) in [5, 5.41) is 2.61. The molecule has 4 nitrogen and oxygen atoms in total. The normalized spacial score (nSPS) is 22.3. The molecular weight excluding hydrogens is 334 g/mol. The zero-order valence-electron chi connectivity index (χ0n) is 14.4. The number of hydrogen-bond donors (Lipinski definition) is 1. The van der Waals surface area contributed by atoms with Gasteiger partial charge in [-0.3, -0.25) is 4.79 Å². The van der Waals surface area contributed by atoms with Gasteiger partial charge in [0.1, 0.15) is 0 Å². The first-order chi connectivity index (χ1) is 12.2. The predicted molar refractivity (Wildman–Crippen MR) is 101 cm³/mol. The molecule has 1 aliphatic heterocycles. The Hall–Kier alpha value is -1.56. The average Bonchev–Trinajstić information content (AvgIpc) is 3.16. The van der Waals surface area contributed by atoms with Gasteiger partial charge >= 0.3 is 0 Å². The lowest BCUT2D eigenvalue weighted by atomic mass is 9.99. The first kappa shape index (κ1) is 18.2. The summed E-state index contributed by atoms with van der Waals surface area (Å²) in [5.74, 6) is -0.160. The number of benzene rings is 1.